The van der Waals surface area contributed by atoms with Gasteiger partial charge >= 0.3 is 0 Å². The van der Waals surface area contributed by atoms with Gasteiger partial charge in [-0.2, -0.15) is 0 Å². The maximum Gasteiger partial charge on any atom is 0.274 e. The highest BCUT2D eigenvalue weighted by molar-refractivity contribution is 6.03. The number of anilines is 3. The van der Waals surface area contributed by atoms with E-state index in [0.717, 1.165) is 33.6 Å². The maximum atomic E-state index is 12.5. The first-order valence-corrected chi connectivity index (χ1v) is 8.48. The van der Waals surface area contributed by atoms with Crippen LogP contribution in [0.15, 0.2) is 48.7 Å². The number of aromatic nitrogens is 2. The Bertz CT molecular complexity index is 946. The van der Waals surface area contributed by atoms with Gasteiger partial charge < -0.3 is 10.6 Å². The van der Waals surface area contributed by atoms with Gasteiger partial charge in [-0.1, -0.05) is 18.2 Å². The Morgan fingerprint density at radius 3 is 2.35 bits per heavy atom. The smallest absolute Gasteiger partial charge is 0.274 e. The predicted octanol–water partition coefficient (Wildman–Crippen LogP) is 4.71. The van der Waals surface area contributed by atoms with E-state index < -0.39 is 0 Å². The van der Waals surface area contributed by atoms with E-state index in [-0.39, 0.29) is 5.91 Å². The Morgan fingerprint density at radius 2 is 1.62 bits per heavy atom. The van der Waals surface area contributed by atoms with Gasteiger partial charge in [0.05, 0.1) is 0 Å². The molecule has 1 aromatic heterocycles. The second-order valence-electron chi connectivity index (χ2n) is 6.54. The highest BCUT2D eigenvalue weighted by Gasteiger charge is 2.10. The summed E-state index contributed by atoms with van der Waals surface area (Å²) < 4.78 is 0. The van der Waals surface area contributed by atoms with Crippen LogP contribution in [-0.2, 0) is 0 Å². The van der Waals surface area contributed by atoms with E-state index in [9.17, 15) is 4.79 Å². The Balaban J connectivity index is 1.80. The number of aryl methyl sites for hydroxylation is 4. The normalized spacial score (nSPS) is 10.5. The summed E-state index contributed by atoms with van der Waals surface area (Å²) in [5, 5.41) is 6.08. The Labute approximate surface area is 153 Å². The van der Waals surface area contributed by atoms with Gasteiger partial charge in [0.25, 0.3) is 5.91 Å². The molecule has 3 aromatic rings. The summed E-state index contributed by atoms with van der Waals surface area (Å²) in [5.74, 6) is 0.133. The lowest BCUT2D eigenvalue weighted by atomic mass is 10.1. The number of benzene rings is 2. The van der Waals surface area contributed by atoms with Crippen molar-refractivity contribution >= 4 is 23.2 Å². The number of carbonyl (C=O) groups is 1. The lowest BCUT2D eigenvalue weighted by Gasteiger charge is -2.10. The van der Waals surface area contributed by atoms with E-state index in [1.54, 1.807) is 12.3 Å². The summed E-state index contributed by atoms with van der Waals surface area (Å²) >= 11 is 0. The minimum Gasteiger partial charge on any atom is -0.324 e. The van der Waals surface area contributed by atoms with Gasteiger partial charge in [0.15, 0.2) is 0 Å². The summed E-state index contributed by atoms with van der Waals surface area (Å²) in [7, 11) is 0. The first kappa shape index (κ1) is 17.6. The first-order chi connectivity index (χ1) is 12.4. The molecule has 0 radical (unpaired) electrons. The van der Waals surface area contributed by atoms with E-state index in [1.165, 1.54) is 0 Å². The molecule has 132 valence electrons. The molecular weight excluding hydrogens is 324 g/mol. The average Bonchev–Trinajstić information content (AvgIpc) is 2.57. The van der Waals surface area contributed by atoms with Gasteiger partial charge in [0.2, 0.25) is 5.95 Å². The lowest BCUT2D eigenvalue weighted by Crippen LogP contribution is -2.15. The van der Waals surface area contributed by atoms with E-state index in [0.29, 0.717) is 11.6 Å². The van der Waals surface area contributed by atoms with Crippen LogP contribution in [0.25, 0.3) is 0 Å². The zero-order valence-corrected chi connectivity index (χ0v) is 15.4. The molecule has 26 heavy (non-hydrogen) atoms. The van der Waals surface area contributed by atoms with E-state index >= 15 is 0 Å². The second kappa shape index (κ2) is 7.35. The molecule has 0 bridgehead atoms. The predicted molar refractivity (Wildman–Crippen MR) is 105 cm³/mol. The first-order valence-electron chi connectivity index (χ1n) is 8.48. The molecule has 0 saturated heterocycles. The van der Waals surface area contributed by atoms with Crippen molar-refractivity contribution in [2.24, 2.45) is 0 Å². The molecule has 2 N–H and O–H groups in total. The van der Waals surface area contributed by atoms with Crippen molar-refractivity contribution in [2.45, 2.75) is 27.7 Å². The Kier molecular flexibility index (Phi) is 4.98. The molecule has 5 heteroatoms. The van der Waals surface area contributed by atoms with Crippen LogP contribution < -0.4 is 10.6 Å². The lowest BCUT2D eigenvalue weighted by molar-refractivity contribution is 0.102. The van der Waals surface area contributed by atoms with Crippen molar-refractivity contribution in [3.8, 4) is 0 Å². The molecule has 0 aliphatic heterocycles. The maximum absolute atomic E-state index is 12.5. The average molecular weight is 346 g/mol. The fourth-order valence-electron chi connectivity index (χ4n) is 2.78. The third-order valence-electron chi connectivity index (χ3n) is 4.01. The minimum absolute atomic E-state index is 0.263. The minimum atomic E-state index is -0.263. The molecule has 0 atom stereocenters. The van der Waals surface area contributed by atoms with Crippen molar-refractivity contribution in [1.82, 2.24) is 9.97 Å². The van der Waals surface area contributed by atoms with Gasteiger partial charge in [-0.3, -0.25) is 4.79 Å². The monoisotopic (exact) mass is 346 g/mol. The van der Waals surface area contributed by atoms with Gasteiger partial charge in [-0.25, -0.2) is 9.97 Å². The van der Waals surface area contributed by atoms with E-state index in [2.05, 4.69) is 32.7 Å². The highest BCUT2D eigenvalue weighted by Crippen LogP contribution is 2.20. The number of amides is 1. The number of nitrogens with one attached hydrogen (secondary N) is 2. The number of nitrogens with zero attached hydrogens (tertiary/aromatic N) is 2. The zero-order chi connectivity index (χ0) is 18.7. The number of hydrogen-bond donors (Lipinski definition) is 2. The molecule has 0 unspecified atom stereocenters. The van der Waals surface area contributed by atoms with E-state index in [4.69, 9.17) is 0 Å². The fourth-order valence-corrected chi connectivity index (χ4v) is 2.78. The van der Waals surface area contributed by atoms with Crippen LogP contribution in [-0.4, -0.2) is 15.9 Å². The van der Waals surface area contributed by atoms with Crippen LogP contribution in [0, 0.1) is 27.7 Å². The van der Waals surface area contributed by atoms with E-state index in [1.807, 2.05) is 52.0 Å². The van der Waals surface area contributed by atoms with Crippen LogP contribution in [0.5, 0.6) is 0 Å². The van der Waals surface area contributed by atoms with Gasteiger partial charge in [0.1, 0.15) is 5.69 Å². The van der Waals surface area contributed by atoms with Gasteiger partial charge in [-0.05, 0) is 74.2 Å². The third kappa shape index (κ3) is 4.25. The molecule has 1 amide bonds. The van der Waals surface area contributed by atoms with Crippen LogP contribution >= 0.6 is 0 Å². The molecule has 2 aromatic carbocycles. The Hall–Kier alpha value is -3.21. The topological polar surface area (TPSA) is 66.9 Å². The summed E-state index contributed by atoms with van der Waals surface area (Å²) in [4.78, 5) is 21.1. The third-order valence-corrected chi connectivity index (χ3v) is 4.01. The fraction of sp³-hybridized carbons (Fsp3) is 0.190. The molecule has 1 heterocycles. The van der Waals surface area contributed by atoms with Crippen LogP contribution in [0.4, 0.5) is 17.3 Å². The van der Waals surface area contributed by atoms with Crippen molar-refractivity contribution in [2.75, 3.05) is 10.6 Å². The molecule has 5 nitrogen and oxygen atoms in total. The molecule has 0 spiro atoms. The number of rotatable bonds is 4. The second-order valence-corrected chi connectivity index (χ2v) is 6.54. The van der Waals surface area contributed by atoms with Gasteiger partial charge in [0, 0.05) is 17.6 Å². The molecule has 0 aliphatic rings. The largest absolute Gasteiger partial charge is 0.324 e. The van der Waals surface area contributed by atoms with Crippen LogP contribution in [0.3, 0.4) is 0 Å². The summed E-state index contributed by atoms with van der Waals surface area (Å²) in [6.07, 6.45) is 1.58. The molecule has 0 saturated carbocycles. The SMILES string of the molecule is Cc1cc(C)cc(NC(=O)c2ccnc(Nc3cc(C)ccc3C)n2)c1. The van der Waals surface area contributed by atoms with Crippen molar-refractivity contribution < 1.29 is 4.79 Å². The Morgan fingerprint density at radius 1 is 0.885 bits per heavy atom. The van der Waals surface area contributed by atoms with Gasteiger partial charge in [-0.15, -0.1) is 0 Å². The summed E-state index contributed by atoms with van der Waals surface area (Å²) in [6, 6.07) is 13.6. The molecular formula is C21H22N4O. The van der Waals surface area contributed by atoms with Crippen molar-refractivity contribution in [3.63, 3.8) is 0 Å². The molecule has 0 fully saturated rings. The quantitative estimate of drug-likeness (QED) is 0.718. The van der Waals surface area contributed by atoms with Crippen molar-refractivity contribution in [1.29, 1.82) is 0 Å². The standard InChI is InChI=1S/C21H22N4O/c1-13-5-6-16(4)19(12-13)25-21-22-8-7-18(24-21)20(26)23-17-10-14(2)9-15(3)11-17/h5-12H,1-4H3,(H,23,26)(H,22,24,25). The zero-order valence-electron chi connectivity index (χ0n) is 15.4. The summed E-state index contributed by atoms with van der Waals surface area (Å²) in [5.41, 5.74) is 6.42. The number of hydrogen-bond acceptors (Lipinski definition) is 4. The number of carbonyl (C=O) groups excluding carboxylic acids is 1. The van der Waals surface area contributed by atoms with Crippen molar-refractivity contribution in [3.05, 3.63) is 76.6 Å². The van der Waals surface area contributed by atoms with Crippen LogP contribution in [0.2, 0.25) is 0 Å². The summed E-state index contributed by atoms with van der Waals surface area (Å²) in [6.45, 7) is 8.04. The van der Waals surface area contributed by atoms with Crippen LogP contribution in [0.1, 0.15) is 32.7 Å². The molecule has 0 aliphatic carbocycles. The molecule has 3 rings (SSSR count). The highest BCUT2D eigenvalue weighted by atomic mass is 16.1.